The molecule has 2 rings (SSSR count). The summed E-state index contributed by atoms with van der Waals surface area (Å²) in [6.07, 6.45) is 3.88. The van der Waals surface area contributed by atoms with Crippen molar-refractivity contribution in [2.24, 2.45) is 0 Å². The van der Waals surface area contributed by atoms with Crippen molar-refractivity contribution >= 4 is 10.0 Å². The van der Waals surface area contributed by atoms with Crippen LogP contribution in [-0.2, 0) is 10.0 Å². The zero-order valence-corrected chi connectivity index (χ0v) is 13.0. The van der Waals surface area contributed by atoms with Crippen LogP contribution in [-0.4, -0.2) is 27.0 Å². The lowest BCUT2D eigenvalue weighted by Crippen LogP contribution is -2.42. The number of hydrogen-bond acceptors (Lipinski definition) is 3. The lowest BCUT2D eigenvalue weighted by Gasteiger charge is -2.29. The SMILES string of the molecule is CCNC1CCC(NS(=O)(=O)c2ccccc2C)CC1. The van der Waals surface area contributed by atoms with Gasteiger partial charge < -0.3 is 5.32 Å². The third kappa shape index (κ3) is 3.81. The fourth-order valence-electron chi connectivity index (χ4n) is 2.84. The van der Waals surface area contributed by atoms with Crippen molar-refractivity contribution in [3.63, 3.8) is 0 Å². The van der Waals surface area contributed by atoms with E-state index in [0.29, 0.717) is 10.9 Å². The summed E-state index contributed by atoms with van der Waals surface area (Å²) < 4.78 is 27.7. The molecule has 1 aromatic carbocycles. The molecule has 0 amide bonds. The Morgan fingerprint density at radius 3 is 2.30 bits per heavy atom. The van der Waals surface area contributed by atoms with Gasteiger partial charge in [-0.1, -0.05) is 25.1 Å². The van der Waals surface area contributed by atoms with Gasteiger partial charge in [0.2, 0.25) is 10.0 Å². The molecule has 0 spiro atoms. The maximum absolute atomic E-state index is 12.4. The van der Waals surface area contributed by atoms with Crippen molar-refractivity contribution in [2.45, 2.75) is 56.5 Å². The highest BCUT2D eigenvalue weighted by Gasteiger charge is 2.25. The van der Waals surface area contributed by atoms with Crippen LogP contribution in [0, 0.1) is 6.92 Å². The van der Waals surface area contributed by atoms with Crippen LogP contribution in [0.3, 0.4) is 0 Å². The maximum Gasteiger partial charge on any atom is 0.241 e. The first-order chi connectivity index (χ1) is 9.53. The Morgan fingerprint density at radius 1 is 1.10 bits per heavy atom. The molecule has 0 aliphatic heterocycles. The van der Waals surface area contributed by atoms with E-state index in [-0.39, 0.29) is 6.04 Å². The molecule has 0 saturated heterocycles. The Balaban J connectivity index is 1.99. The number of nitrogens with one attached hydrogen (secondary N) is 2. The third-order valence-corrected chi connectivity index (χ3v) is 5.61. The van der Waals surface area contributed by atoms with Crippen LogP contribution in [0.1, 0.15) is 38.2 Å². The first-order valence-corrected chi connectivity index (χ1v) is 8.82. The fourth-order valence-corrected chi connectivity index (χ4v) is 4.40. The van der Waals surface area contributed by atoms with E-state index >= 15 is 0 Å². The quantitative estimate of drug-likeness (QED) is 0.875. The molecular formula is C15H24N2O2S. The molecular weight excluding hydrogens is 272 g/mol. The Kier molecular flexibility index (Phi) is 5.18. The zero-order chi connectivity index (χ0) is 14.6. The van der Waals surface area contributed by atoms with Gasteiger partial charge in [-0.2, -0.15) is 0 Å². The summed E-state index contributed by atoms with van der Waals surface area (Å²) >= 11 is 0. The summed E-state index contributed by atoms with van der Waals surface area (Å²) in [6, 6.07) is 7.73. The number of sulfonamides is 1. The summed E-state index contributed by atoms with van der Waals surface area (Å²) in [5.41, 5.74) is 0.793. The van der Waals surface area contributed by atoms with Gasteiger partial charge in [-0.3, -0.25) is 0 Å². The fraction of sp³-hybridized carbons (Fsp3) is 0.600. The smallest absolute Gasteiger partial charge is 0.241 e. The number of rotatable bonds is 5. The molecule has 0 heterocycles. The van der Waals surface area contributed by atoms with Crippen molar-refractivity contribution in [2.75, 3.05) is 6.54 Å². The van der Waals surface area contributed by atoms with Gasteiger partial charge in [0.15, 0.2) is 0 Å². The first kappa shape index (κ1) is 15.5. The molecule has 112 valence electrons. The van der Waals surface area contributed by atoms with Gasteiger partial charge in [-0.15, -0.1) is 0 Å². The van der Waals surface area contributed by atoms with E-state index in [2.05, 4.69) is 17.0 Å². The standard InChI is InChI=1S/C15H24N2O2S/c1-3-16-13-8-10-14(11-9-13)17-20(18,19)15-7-5-4-6-12(15)2/h4-7,13-14,16-17H,3,8-11H2,1-2H3. The molecule has 20 heavy (non-hydrogen) atoms. The molecule has 1 aromatic rings. The minimum Gasteiger partial charge on any atom is -0.314 e. The van der Waals surface area contributed by atoms with E-state index in [0.717, 1.165) is 37.8 Å². The Morgan fingerprint density at radius 2 is 1.70 bits per heavy atom. The van der Waals surface area contributed by atoms with Crippen LogP contribution in [0.2, 0.25) is 0 Å². The lowest BCUT2D eigenvalue weighted by molar-refractivity contribution is 0.333. The van der Waals surface area contributed by atoms with E-state index in [1.807, 2.05) is 19.1 Å². The monoisotopic (exact) mass is 296 g/mol. The summed E-state index contributed by atoms with van der Waals surface area (Å²) in [7, 11) is -3.39. The molecule has 1 aliphatic carbocycles. The summed E-state index contributed by atoms with van der Waals surface area (Å²) in [4.78, 5) is 0.397. The van der Waals surface area contributed by atoms with E-state index in [1.165, 1.54) is 0 Å². The van der Waals surface area contributed by atoms with Crippen molar-refractivity contribution in [3.05, 3.63) is 29.8 Å². The predicted molar refractivity (Wildman–Crippen MR) is 81.2 cm³/mol. The summed E-state index contributed by atoms with van der Waals surface area (Å²) in [5.74, 6) is 0. The lowest BCUT2D eigenvalue weighted by atomic mass is 9.92. The zero-order valence-electron chi connectivity index (χ0n) is 12.2. The van der Waals surface area contributed by atoms with Crippen LogP contribution in [0.5, 0.6) is 0 Å². The van der Waals surface area contributed by atoms with Crippen molar-refractivity contribution in [1.29, 1.82) is 0 Å². The van der Waals surface area contributed by atoms with Crippen LogP contribution >= 0.6 is 0 Å². The van der Waals surface area contributed by atoms with Gasteiger partial charge in [0, 0.05) is 12.1 Å². The molecule has 0 aromatic heterocycles. The minimum absolute atomic E-state index is 0.0644. The second-order valence-corrected chi connectivity index (χ2v) is 7.18. The van der Waals surface area contributed by atoms with E-state index in [4.69, 9.17) is 0 Å². The highest BCUT2D eigenvalue weighted by molar-refractivity contribution is 7.89. The van der Waals surface area contributed by atoms with Gasteiger partial charge in [0.25, 0.3) is 0 Å². The third-order valence-electron chi connectivity index (χ3n) is 3.92. The van der Waals surface area contributed by atoms with Crippen LogP contribution in [0.15, 0.2) is 29.2 Å². The van der Waals surface area contributed by atoms with Crippen LogP contribution in [0.25, 0.3) is 0 Å². The molecule has 2 N–H and O–H groups in total. The molecule has 1 saturated carbocycles. The average Bonchev–Trinajstić information content (AvgIpc) is 2.41. The second kappa shape index (κ2) is 6.70. The molecule has 4 nitrogen and oxygen atoms in total. The molecule has 5 heteroatoms. The Bertz CT molecular complexity index is 535. The predicted octanol–water partition coefficient (Wildman–Crippen LogP) is 2.19. The Hall–Kier alpha value is -0.910. The topological polar surface area (TPSA) is 58.2 Å². The van der Waals surface area contributed by atoms with Crippen molar-refractivity contribution in [3.8, 4) is 0 Å². The molecule has 0 radical (unpaired) electrons. The minimum atomic E-state index is -3.39. The average molecular weight is 296 g/mol. The molecule has 0 unspecified atom stereocenters. The van der Waals surface area contributed by atoms with E-state index in [9.17, 15) is 8.42 Å². The number of benzene rings is 1. The normalized spacial score (nSPS) is 23.7. The van der Waals surface area contributed by atoms with Crippen LogP contribution < -0.4 is 10.0 Å². The Labute approximate surface area is 122 Å². The highest BCUT2D eigenvalue weighted by Crippen LogP contribution is 2.21. The maximum atomic E-state index is 12.4. The van der Waals surface area contributed by atoms with Gasteiger partial charge in [-0.05, 0) is 50.8 Å². The van der Waals surface area contributed by atoms with Crippen molar-refractivity contribution < 1.29 is 8.42 Å². The summed E-state index contributed by atoms with van der Waals surface area (Å²) in [5, 5.41) is 3.43. The number of hydrogen-bond donors (Lipinski definition) is 2. The van der Waals surface area contributed by atoms with Gasteiger partial charge in [-0.25, -0.2) is 13.1 Å². The molecule has 0 bridgehead atoms. The first-order valence-electron chi connectivity index (χ1n) is 7.34. The largest absolute Gasteiger partial charge is 0.314 e. The van der Waals surface area contributed by atoms with Gasteiger partial charge in [0.05, 0.1) is 4.90 Å². The van der Waals surface area contributed by atoms with E-state index < -0.39 is 10.0 Å². The molecule has 1 fully saturated rings. The van der Waals surface area contributed by atoms with E-state index in [1.54, 1.807) is 12.1 Å². The molecule has 0 atom stereocenters. The van der Waals surface area contributed by atoms with Crippen molar-refractivity contribution in [1.82, 2.24) is 10.0 Å². The number of aryl methyl sites for hydroxylation is 1. The van der Waals surface area contributed by atoms with Gasteiger partial charge in [0.1, 0.15) is 0 Å². The van der Waals surface area contributed by atoms with Crippen LogP contribution in [0.4, 0.5) is 0 Å². The summed E-state index contributed by atoms with van der Waals surface area (Å²) in [6.45, 7) is 4.91. The second-order valence-electron chi connectivity index (χ2n) is 5.49. The van der Waals surface area contributed by atoms with Gasteiger partial charge >= 0.3 is 0 Å². The molecule has 1 aliphatic rings. The highest BCUT2D eigenvalue weighted by atomic mass is 32.2.